The summed E-state index contributed by atoms with van der Waals surface area (Å²) in [7, 11) is 0. The fourth-order valence-electron chi connectivity index (χ4n) is 1.35. The van der Waals surface area contributed by atoms with Crippen molar-refractivity contribution >= 4 is 12.2 Å². The summed E-state index contributed by atoms with van der Waals surface area (Å²) in [6.45, 7) is 2.70. The van der Waals surface area contributed by atoms with E-state index >= 15 is 0 Å². The molecule has 0 spiro atoms. The van der Waals surface area contributed by atoms with E-state index in [0.29, 0.717) is 13.1 Å². The number of carbonyl (C=O) groups is 2. The van der Waals surface area contributed by atoms with E-state index in [1.54, 1.807) is 6.92 Å². The van der Waals surface area contributed by atoms with E-state index in [0.717, 1.165) is 22.9 Å². The minimum atomic E-state index is -1.11. The zero-order valence-electron chi connectivity index (χ0n) is 8.10. The number of hydrazine groups is 1. The minimum absolute atomic E-state index is 0.253. The lowest BCUT2D eigenvalue weighted by molar-refractivity contribution is -0.0270. The molecule has 0 aromatic rings. The van der Waals surface area contributed by atoms with Crippen molar-refractivity contribution in [1.29, 1.82) is 0 Å². The van der Waals surface area contributed by atoms with Gasteiger partial charge in [0.05, 0.1) is 6.61 Å². The lowest BCUT2D eigenvalue weighted by Crippen LogP contribution is -2.52. The first-order valence-corrected chi connectivity index (χ1v) is 4.61. The van der Waals surface area contributed by atoms with Crippen LogP contribution in [0, 0.1) is 0 Å². The Labute approximate surface area is 82.0 Å². The summed E-state index contributed by atoms with van der Waals surface area (Å²) in [4.78, 5) is 22.1. The maximum Gasteiger partial charge on any atom is 0.428 e. The van der Waals surface area contributed by atoms with Gasteiger partial charge in [-0.15, -0.1) is 0 Å². The van der Waals surface area contributed by atoms with E-state index < -0.39 is 12.2 Å². The second kappa shape index (κ2) is 4.69. The van der Waals surface area contributed by atoms with E-state index in [1.807, 2.05) is 0 Å². The molecule has 6 nitrogen and oxygen atoms in total. The molecular weight excluding hydrogens is 188 g/mol. The maximum atomic E-state index is 11.3. The van der Waals surface area contributed by atoms with Crippen molar-refractivity contribution in [2.24, 2.45) is 0 Å². The Hall–Kier alpha value is -1.46. The highest BCUT2D eigenvalue weighted by molar-refractivity contribution is 5.73. The molecule has 1 saturated heterocycles. The summed E-state index contributed by atoms with van der Waals surface area (Å²) < 4.78 is 4.74. The number of hydrogen-bond acceptors (Lipinski definition) is 3. The molecule has 0 radical (unpaired) electrons. The third kappa shape index (κ3) is 2.27. The van der Waals surface area contributed by atoms with Crippen LogP contribution >= 0.6 is 0 Å². The van der Waals surface area contributed by atoms with Crippen LogP contribution in [0.15, 0.2) is 0 Å². The predicted octanol–water partition coefficient (Wildman–Crippen LogP) is 1.13. The quantitative estimate of drug-likeness (QED) is 0.692. The summed E-state index contributed by atoms with van der Waals surface area (Å²) in [6.07, 6.45) is -0.113. The van der Waals surface area contributed by atoms with Gasteiger partial charge >= 0.3 is 12.2 Å². The van der Waals surface area contributed by atoms with Gasteiger partial charge in [0.1, 0.15) is 0 Å². The van der Waals surface area contributed by atoms with Crippen molar-refractivity contribution in [3.63, 3.8) is 0 Å². The molecule has 80 valence electrons. The number of carbonyl (C=O) groups excluding carboxylic acids is 1. The average molecular weight is 202 g/mol. The molecule has 1 aliphatic heterocycles. The second-order valence-corrected chi connectivity index (χ2v) is 2.93. The highest BCUT2D eigenvalue weighted by Crippen LogP contribution is 2.12. The van der Waals surface area contributed by atoms with Crippen molar-refractivity contribution in [1.82, 2.24) is 10.0 Å². The first-order valence-electron chi connectivity index (χ1n) is 4.61. The van der Waals surface area contributed by atoms with Gasteiger partial charge in [0, 0.05) is 13.1 Å². The topological polar surface area (TPSA) is 70.1 Å². The van der Waals surface area contributed by atoms with Crippen LogP contribution in [0.5, 0.6) is 0 Å². The van der Waals surface area contributed by atoms with Gasteiger partial charge in [-0.1, -0.05) is 0 Å². The normalized spacial score (nSPS) is 16.6. The molecule has 1 N–H and O–H groups in total. The molecule has 0 bridgehead atoms. The van der Waals surface area contributed by atoms with Gasteiger partial charge in [-0.05, 0) is 19.8 Å². The fraction of sp³-hybridized carbons (Fsp3) is 0.750. The van der Waals surface area contributed by atoms with Crippen LogP contribution in [0.2, 0.25) is 0 Å². The number of rotatable bonds is 1. The van der Waals surface area contributed by atoms with Gasteiger partial charge in [0.2, 0.25) is 0 Å². The predicted molar refractivity (Wildman–Crippen MR) is 47.7 cm³/mol. The Morgan fingerprint density at radius 1 is 1.29 bits per heavy atom. The van der Waals surface area contributed by atoms with Crippen molar-refractivity contribution in [2.45, 2.75) is 19.8 Å². The smallest absolute Gasteiger partial charge is 0.428 e. The molecule has 0 aromatic heterocycles. The number of hydrogen-bond donors (Lipinski definition) is 1. The fourth-order valence-corrected chi connectivity index (χ4v) is 1.35. The Kier molecular flexibility index (Phi) is 3.55. The van der Waals surface area contributed by atoms with E-state index in [4.69, 9.17) is 9.84 Å². The third-order valence-electron chi connectivity index (χ3n) is 1.98. The van der Waals surface area contributed by atoms with Crippen LogP contribution in [0.4, 0.5) is 9.59 Å². The van der Waals surface area contributed by atoms with Crippen LogP contribution < -0.4 is 0 Å². The van der Waals surface area contributed by atoms with Crippen LogP contribution in [-0.4, -0.2) is 47.0 Å². The summed E-state index contributed by atoms with van der Waals surface area (Å²) in [6, 6.07) is 0. The number of ether oxygens (including phenoxy) is 1. The van der Waals surface area contributed by atoms with Crippen molar-refractivity contribution in [3.8, 4) is 0 Å². The van der Waals surface area contributed by atoms with Gasteiger partial charge in [-0.3, -0.25) is 0 Å². The molecule has 6 heteroatoms. The molecule has 1 heterocycles. The van der Waals surface area contributed by atoms with E-state index in [9.17, 15) is 9.59 Å². The minimum Gasteiger partial charge on any atom is -0.464 e. The van der Waals surface area contributed by atoms with Gasteiger partial charge in [0.25, 0.3) is 0 Å². The first-order chi connectivity index (χ1) is 6.66. The molecule has 1 fully saturated rings. The first kappa shape index (κ1) is 10.6. The average Bonchev–Trinajstić information content (AvgIpc) is 2.18. The Bertz CT molecular complexity index is 231. The zero-order chi connectivity index (χ0) is 10.6. The molecular formula is C8H14N2O4. The SMILES string of the molecule is CCOC(=O)N1CCCCN1C(=O)O. The number of carboxylic acid groups (broad SMARTS) is 1. The van der Waals surface area contributed by atoms with Gasteiger partial charge in [-0.25, -0.2) is 19.6 Å². The molecule has 1 aliphatic rings. The van der Waals surface area contributed by atoms with E-state index in [2.05, 4.69) is 0 Å². The molecule has 0 unspecified atom stereocenters. The van der Waals surface area contributed by atoms with Gasteiger partial charge in [0.15, 0.2) is 0 Å². The maximum absolute atomic E-state index is 11.3. The molecule has 0 saturated carbocycles. The van der Waals surface area contributed by atoms with Crippen molar-refractivity contribution in [3.05, 3.63) is 0 Å². The van der Waals surface area contributed by atoms with Crippen molar-refractivity contribution in [2.75, 3.05) is 19.7 Å². The zero-order valence-corrected chi connectivity index (χ0v) is 8.10. The highest BCUT2D eigenvalue weighted by atomic mass is 16.6. The summed E-state index contributed by atoms with van der Waals surface area (Å²) >= 11 is 0. The molecule has 0 atom stereocenters. The Morgan fingerprint density at radius 2 is 1.86 bits per heavy atom. The standard InChI is InChI=1S/C8H14N2O4/c1-2-14-8(13)10-6-4-3-5-9(10)7(11)12/h2-6H2,1H3,(H,11,12). The Morgan fingerprint density at radius 3 is 2.36 bits per heavy atom. The summed E-state index contributed by atoms with van der Waals surface area (Å²) in [5.74, 6) is 0. The van der Waals surface area contributed by atoms with Gasteiger partial charge < -0.3 is 9.84 Å². The lowest BCUT2D eigenvalue weighted by atomic mass is 10.2. The number of amides is 2. The van der Waals surface area contributed by atoms with E-state index in [-0.39, 0.29) is 6.61 Å². The van der Waals surface area contributed by atoms with Crippen LogP contribution in [0.1, 0.15) is 19.8 Å². The van der Waals surface area contributed by atoms with E-state index in [1.165, 1.54) is 0 Å². The third-order valence-corrected chi connectivity index (χ3v) is 1.98. The molecule has 0 aromatic carbocycles. The monoisotopic (exact) mass is 202 g/mol. The molecule has 0 aliphatic carbocycles. The molecule has 2 amide bonds. The van der Waals surface area contributed by atoms with Crippen molar-refractivity contribution < 1.29 is 19.4 Å². The Balaban J connectivity index is 2.62. The van der Waals surface area contributed by atoms with Crippen LogP contribution in [0.25, 0.3) is 0 Å². The lowest BCUT2D eigenvalue weighted by Gasteiger charge is -2.35. The number of nitrogens with zero attached hydrogens (tertiary/aromatic N) is 2. The summed E-state index contributed by atoms with van der Waals surface area (Å²) in [5, 5.41) is 10.9. The largest absolute Gasteiger partial charge is 0.464 e. The van der Waals surface area contributed by atoms with Crippen LogP contribution in [-0.2, 0) is 4.74 Å². The van der Waals surface area contributed by atoms with Crippen LogP contribution in [0.3, 0.4) is 0 Å². The van der Waals surface area contributed by atoms with Gasteiger partial charge in [-0.2, -0.15) is 0 Å². The molecule has 14 heavy (non-hydrogen) atoms. The highest BCUT2D eigenvalue weighted by Gasteiger charge is 2.29. The second-order valence-electron chi connectivity index (χ2n) is 2.93. The molecule has 1 rings (SSSR count). The summed E-state index contributed by atoms with van der Waals surface area (Å²) in [5.41, 5.74) is 0.